The van der Waals surface area contributed by atoms with Crippen molar-refractivity contribution >= 4 is 11.8 Å². The molecular formula is C20H17F3N2O3. The Morgan fingerprint density at radius 3 is 2.36 bits per heavy atom. The molecule has 0 bridgehead atoms. The van der Waals surface area contributed by atoms with E-state index < -0.39 is 6.36 Å². The predicted octanol–water partition coefficient (Wildman–Crippen LogP) is 3.36. The van der Waals surface area contributed by atoms with Crippen LogP contribution in [0, 0.1) is 0 Å². The zero-order valence-corrected chi connectivity index (χ0v) is 14.8. The van der Waals surface area contributed by atoms with Crippen LogP contribution in [0.4, 0.5) is 13.2 Å². The molecule has 2 saturated heterocycles. The van der Waals surface area contributed by atoms with Crippen molar-refractivity contribution in [3.63, 3.8) is 0 Å². The van der Waals surface area contributed by atoms with E-state index in [9.17, 15) is 22.8 Å². The average molecular weight is 390 g/mol. The van der Waals surface area contributed by atoms with Crippen molar-refractivity contribution in [2.75, 3.05) is 13.1 Å². The van der Waals surface area contributed by atoms with Crippen molar-refractivity contribution in [1.29, 1.82) is 0 Å². The normalized spacial score (nSPS) is 18.0. The summed E-state index contributed by atoms with van der Waals surface area (Å²) < 4.78 is 41.9. The van der Waals surface area contributed by atoms with Gasteiger partial charge in [-0.25, -0.2) is 0 Å². The number of halogens is 3. The molecule has 0 unspecified atom stereocenters. The standard InChI is InChI=1S/C20H17F3N2O3/c21-20(22,23)28-16-4-2-1-3-15(16)13-5-7-14(8-6-13)18(27)25-11-19(12-25)10-9-17(26)24-19/h1-8H,9-12H2,(H,24,26). The molecule has 2 aromatic carbocycles. The number of benzene rings is 2. The van der Waals surface area contributed by atoms with Gasteiger partial charge < -0.3 is 15.0 Å². The molecule has 0 saturated carbocycles. The summed E-state index contributed by atoms with van der Waals surface area (Å²) >= 11 is 0. The number of carbonyl (C=O) groups excluding carboxylic acids is 2. The zero-order valence-electron chi connectivity index (χ0n) is 14.8. The first-order chi connectivity index (χ1) is 13.2. The maximum absolute atomic E-state index is 12.6. The molecule has 1 N–H and O–H groups in total. The molecule has 28 heavy (non-hydrogen) atoms. The van der Waals surface area contributed by atoms with Crippen LogP contribution in [0.1, 0.15) is 23.2 Å². The summed E-state index contributed by atoms with van der Waals surface area (Å²) in [5.41, 5.74) is 0.952. The lowest BCUT2D eigenvalue weighted by molar-refractivity contribution is -0.274. The quantitative estimate of drug-likeness (QED) is 0.875. The van der Waals surface area contributed by atoms with E-state index in [1.807, 2.05) is 0 Å². The first-order valence-corrected chi connectivity index (χ1v) is 8.80. The van der Waals surface area contributed by atoms with Gasteiger partial charge in [-0.3, -0.25) is 9.59 Å². The summed E-state index contributed by atoms with van der Waals surface area (Å²) in [6.07, 6.45) is -3.57. The molecule has 8 heteroatoms. The van der Waals surface area contributed by atoms with Crippen LogP contribution >= 0.6 is 0 Å². The van der Waals surface area contributed by atoms with Crippen LogP contribution in [0.25, 0.3) is 11.1 Å². The molecule has 5 nitrogen and oxygen atoms in total. The van der Waals surface area contributed by atoms with Crippen molar-refractivity contribution in [1.82, 2.24) is 10.2 Å². The largest absolute Gasteiger partial charge is 0.573 e. The predicted molar refractivity (Wildman–Crippen MR) is 94.6 cm³/mol. The second-order valence-corrected chi connectivity index (χ2v) is 7.11. The third-order valence-electron chi connectivity index (χ3n) is 5.07. The number of alkyl halides is 3. The summed E-state index contributed by atoms with van der Waals surface area (Å²) in [7, 11) is 0. The third kappa shape index (κ3) is 3.54. The number of nitrogens with one attached hydrogen (secondary N) is 1. The van der Waals surface area contributed by atoms with Crippen molar-refractivity contribution in [3.8, 4) is 16.9 Å². The van der Waals surface area contributed by atoms with E-state index in [1.54, 1.807) is 35.2 Å². The number of hydrogen-bond donors (Lipinski definition) is 1. The molecule has 0 aliphatic carbocycles. The third-order valence-corrected chi connectivity index (χ3v) is 5.07. The Morgan fingerprint density at radius 1 is 1.07 bits per heavy atom. The lowest BCUT2D eigenvalue weighted by Crippen LogP contribution is -2.68. The van der Waals surface area contributed by atoms with E-state index in [-0.39, 0.29) is 28.7 Å². The minimum atomic E-state index is -4.78. The summed E-state index contributed by atoms with van der Waals surface area (Å²) in [5, 5.41) is 2.92. The zero-order chi connectivity index (χ0) is 19.9. The van der Waals surface area contributed by atoms with Crippen LogP contribution in [-0.4, -0.2) is 41.7 Å². The number of para-hydroxylation sites is 1. The first-order valence-electron chi connectivity index (χ1n) is 8.80. The molecule has 2 aliphatic heterocycles. The number of hydrogen-bond acceptors (Lipinski definition) is 3. The van der Waals surface area contributed by atoms with E-state index in [4.69, 9.17) is 0 Å². The summed E-state index contributed by atoms with van der Waals surface area (Å²) in [5.74, 6) is -0.454. The fourth-order valence-electron chi connectivity index (χ4n) is 3.73. The lowest BCUT2D eigenvalue weighted by atomic mass is 9.87. The highest BCUT2D eigenvalue weighted by atomic mass is 19.4. The van der Waals surface area contributed by atoms with Crippen LogP contribution in [-0.2, 0) is 4.79 Å². The molecule has 146 valence electrons. The van der Waals surface area contributed by atoms with Crippen LogP contribution in [0.15, 0.2) is 48.5 Å². The van der Waals surface area contributed by atoms with Gasteiger partial charge in [0.25, 0.3) is 5.91 Å². The summed E-state index contributed by atoms with van der Waals surface area (Å²) in [6, 6.07) is 12.2. The molecule has 2 aromatic rings. The lowest BCUT2D eigenvalue weighted by Gasteiger charge is -2.47. The van der Waals surface area contributed by atoms with Crippen molar-refractivity contribution in [2.45, 2.75) is 24.7 Å². The van der Waals surface area contributed by atoms with E-state index >= 15 is 0 Å². The van der Waals surface area contributed by atoms with Crippen molar-refractivity contribution in [3.05, 3.63) is 54.1 Å². The first kappa shape index (κ1) is 18.3. The summed E-state index contributed by atoms with van der Waals surface area (Å²) in [6.45, 7) is 0.948. The Hall–Kier alpha value is -3.03. The van der Waals surface area contributed by atoms with Gasteiger partial charge in [0.1, 0.15) is 5.75 Å². The van der Waals surface area contributed by atoms with Gasteiger partial charge in [-0.1, -0.05) is 30.3 Å². The number of amides is 2. The minimum Gasteiger partial charge on any atom is -0.405 e. The molecular weight excluding hydrogens is 373 g/mol. The molecule has 0 atom stereocenters. The second-order valence-electron chi connectivity index (χ2n) is 7.11. The van der Waals surface area contributed by atoms with Crippen LogP contribution in [0.2, 0.25) is 0 Å². The van der Waals surface area contributed by atoms with Crippen LogP contribution < -0.4 is 10.1 Å². The fraction of sp³-hybridized carbons (Fsp3) is 0.300. The molecule has 2 amide bonds. The Labute approximate surface area is 159 Å². The topological polar surface area (TPSA) is 58.6 Å². The fourth-order valence-corrected chi connectivity index (χ4v) is 3.73. The highest BCUT2D eigenvalue weighted by Crippen LogP contribution is 2.35. The van der Waals surface area contributed by atoms with Crippen LogP contribution in [0.5, 0.6) is 5.75 Å². The van der Waals surface area contributed by atoms with Crippen molar-refractivity contribution in [2.24, 2.45) is 0 Å². The van der Waals surface area contributed by atoms with Gasteiger partial charge in [-0.05, 0) is 30.2 Å². The maximum Gasteiger partial charge on any atom is 0.573 e. The van der Waals surface area contributed by atoms with E-state index in [2.05, 4.69) is 10.1 Å². The number of nitrogens with zero attached hydrogens (tertiary/aromatic N) is 1. The van der Waals surface area contributed by atoms with E-state index in [1.165, 1.54) is 18.2 Å². The average Bonchev–Trinajstić information content (AvgIpc) is 3.01. The monoisotopic (exact) mass is 390 g/mol. The molecule has 2 heterocycles. The van der Waals surface area contributed by atoms with Gasteiger partial charge in [0.15, 0.2) is 0 Å². The highest BCUT2D eigenvalue weighted by Gasteiger charge is 2.49. The molecule has 2 fully saturated rings. The van der Waals surface area contributed by atoms with Gasteiger partial charge in [-0.15, -0.1) is 13.2 Å². The van der Waals surface area contributed by atoms with E-state index in [0.29, 0.717) is 30.6 Å². The SMILES string of the molecule is O=C1CCC2(CN(C(=O)c3ccc(-c4ccccc4OC(F)(F)F)cc3)C2)N1. The Kier molecular flexibility index (Phi) is 4.28. The molecule has 2 aliphatic rings. The highest BCUT2D eigenvalue weighted by molar-refractivity contribution is 5.96. The number of likely N-dealkylation sites (tertiary alicyclic amines) is 1. The van der Waals surface area contributed by atoms with Gasteiger partial charge in [0.05, 0.1) is 5.54 Å². The molecule has 4 rings (SSSR count). The van der Waals surface area contributed by atoms with Gasteiger partial charge in [0.2, 0.25) is 5.91 Å². The Morgan fingerprint density at radius 2 is 1.75 bits per heavy atom. The van der Waals surface area contributed by atoms with E-state index in [0.717, 1.165) is 6.42 Å². The van der Waals surface area contributed by atoms with Crippen molar-refractivity contribution < 1.29 is 27.5 Å². The number of rotatable bonds is 3. The minimum absolute atomic E-state index is 0.0104. The van der Waals surface area contributed by atoms with Gasteiger partial charge in [0, 0.05) is 30.6 Å². The Balaban J connectivity index is 1.48. The molecule has 1 spiro atoms. The summed E-state index contributed by atoms with van der Waals surface area (Å²) in [4.78, 5) is 25.6. The smallest absolute Gasteiger partial charge is 0.405 e. The second kappa shape index (κ2) is 6.54. The number of carbonyl (C=O) groups is 2. The maximum atomic E-state index is 12.6. The number of ether oxygens (including phenoxy) is 1. The molecule has 0 radical (unpaired) electrons. The van der Waals surface area contributed by atoms with Crippen LogP contribution in [0.3, 0.4) is 0 Å². The Bertz CT molecular complexity index is 919. The van der Waals surface area contributed by atoms with Gasteiger partial charge in [-0.2, -0.15) is 0 Å². The van der Waals surface area contributed by atoms with Gasteiger partial charge >= 0.3 is 6.36 Å². The molecule has 0 aromatic heterocycles.